The molecule has 0 atom stereocenters. The average Bonchev–Trinajstić information content (AvgIpc) is 1.59. The van der Waals surface area contributed by atoms with Gasteiger partial charge >= 0.3 is 6.18 Å². The maximum atomic E-state index is 11.1. The van der Waals surface area contributed by atoms with Gasteiger partial charge in [0.05, 0.1) is 6.42 Å². The molecule has 0 saturated heterocycles. The van der Waals surface area contributed by atoms with Gasteiger partial charge in [0.15, 0.2) is 0 Å². The summed E-state index contributed by atoms with van der Waals surface area (Å²) >= 11 is 4.83. The molecule has 0 amide bonds. The van der Waals surface area contributed by atoms with Crippen molar-refractivity contribution in [1.82, 2.24) is 0 Å². The van der Waals surface area contributed by atoms with Gasteiger partial charge in [-0.2, -0.15) is 13.2 Å². The molecule has 0 radical (unpaired) electrons. The van der Waals surface area contributed by atoms with E-state index in [0.717, 1.165) is 11.6 Å². The minimum Gasteiger partial charge on any atom is -0.171 e. The normalized spacial score (nSPS) is 11.6. The molecule has 0 fully saturated rings. The summed E-state index contributed by atoms with van der Waals surface area (Å²) in [4.78, 5) is 0. The van der Waals surface area contributed by atoms with Crippen molar-refractivity contribution in [3.63, 3.8) is 0 Å². The molecule has 0 unspecified atom stereocenters. The summed E-state index contributed by atoms with van der Waals surface area (Å²) in [5, 5.41) is 0. The second-order valence-corrected chi connectivity index (χ2v) is 1.43. The molecule has 0 nitrogen and oxygen atoms in total. The molecule has 0 aliphatic carbocycles. The fraction of sp³-hybridized carbons (Fsp3) is 0.500. The van der Waals surface area contributed by atoms with Crippen LogP contribution in [0.5, 0.6) is 0 Å². The van der Waals surface area contributed by atoms with Crippen LogP contribution < -0.4 is 0 Å². The summed E-state index contributed by atoms with van der Waals surface area (Å²) < 4.78 is 33.4. The Kier molecular flexibility index (Phi) is 6.83. The molecule has 0 aromatic heterocycles. The van der Waals surface area contributed by atoms with E-state index in [0.29, 0.717) is 0 Å². The quantitative estimate of drug-likeness (QED) is 0.642. The largest absolute Gasteiger partial charge is 0.392 e. The van der Waals surface area contributed by atoms with E-state index in [9.17, 15) is 13.2 Å². The number of halogens is 5. The van der Waals surface area contributed by atoms with Gasteiger partial charge in [-0.05, 0) is 0 Å². The van der Waals surface area contributed by atoms with E-state index in [4.69, 9.17) is 11.6 Å². The van der Waals surface area contributed by atoms with Gasteiger partial charge in [0.2, 0.25) is 0 Å². The van der Waals surface area contributed by atoms with Crippen LogP contribution in [0.3, 0.4) is 0 Å². The molecule has 5 heteroatoms. The van der Waals surface area contributed by atoms with Gasteiger partial charge in [0, 0.05) is 5.54 Å². The number of hydrogen-bond donors (Lipinski definition) is 0. The highest BCUT2D eigenvalue weighted by Gasteiger charge is 2.24. The van der Waals surface area contributed by atoms with Gasteiger partial charge in [-0.1, -0.05) is 17.7 Å². The number of alkyl halides is 3. The molecule has 0 heterocycles. The van der Waals surface area contributed by atoms with Crippen molar-refractivity contribution in [2.24, 2.45) is 0 Å². The van der Waals surface area contributed by atoms with Gasteiger partial charge in [-0.15, -0.1) is 17.0 Å². The minimum absolute atomic E-state index is 0. The molecule has 0 rings (SSSR count). The summed E-state index contributed by atoms with van der Waals surface area (Å²) in [6.07, 6.45) is -4.22. The first kappa shape index (κ1) is 12.0. The topological polar surface area (TPSA) is 0 Å². The lowest BCUT2D eigenvalue weighted by Crippen LogP contribution is -2.03. The van der Waals surface area contributed by atoms with Crippen molar-refractivity contribution < 1.29 is 13.2 Å². The van der Waals surface area contributed by atoms with Gasteiger partial charge in [0.1, 0.15) is 0 Å². The number of rotatable bonds is 1. The van der Waals surface area contributed by atoms with Gasteiger partial charge in [0.25, 0.3) is 0 Å². The van der Waals surface area contributed by atoms with Crippen molar-refractivity contribution in [1.29, 1.82) is 0 Å². The maximum Gasteiger partial charge on any atom is 0.392 e. The molecule has 0 bridgehead atoms. The van der Waals surface area contributed by atoms with Crippen molar-refractivity contribution in [3.05, 3.63) is 11.6 Å². The zero-order valence-electron chi connectivity index (χ0n) is 4.28. The lowest BCUT2D eigenvalue weighted by molar-refractivity contribution is -0.124. The lowest BCUT2D eigenvalue weighted by Gasteiger charge is -1.98. The molecular weight excluding hydrogens is 220 g/mol. The SMILES string of the molecule is Br.FC(F)(F)CC=CCl. The third-order valence-electron chi connectivity index (χ3n) is 0.438. The number of hydrogen-bond acceptors (Lipinski definition) is 0. The molecule has 0 aromatic carbocycles. The summed E-state index contributed by atoms with van der Waals surface area (Å²) in [6, 6.07) is 0. The first-order chi connectivity index (χ1) is 3.56. The Hall–Kier alpha value is 0.300. The highest BCUT2D eigenvalue weighted by Crippen LogP contribution is 2.19. The Balaban J connectivity index is 0. The monoisotopic (exact) mass is 224 g/mol. The summed E-state index contributed by atoms with van der Waals surface area (Å²) in [5.74, 6) is 0. The molecule has 9 heavy (non-hydrogen) atoms. The summed E-state index contributed by atoms with van der Waals surface area (Å²) in [5.41, 5.74) is 0.855. The Bertz CT molecular complexity index is 88.3. The first-order valence-electron chi connectivity index (χ1n) is 1.88. The Morgan fingerprint density at radius 3 is 1.89 bits per heavy atom. The van der Waals surface area contributed by atoms with Crippen LogP contribution in [0.1, 0.15) is 6.42 Å². The molecule has 0 aliphatic heterocycles. The number of allylic oxidation sites excluding steroid dienone is 1. The Morgan fingerprint density at radius 1 is 1.33 bits per heavy atom. The summed E-state index contributed by atoms with van der Waals surface area (Å²) in [6.45, 7) is 0. The fourth-order valence-electron chi connectivity index (χ4n) is 0.178. The minimum atomic E-state index is -4.12. The zero-order chi connectivity index (χ0) is 6.62. The molecule has 0 N–H and O–H groups in total. The van der Waals surface area contributed by atoms with Crippen LogP contribution in [-0.2, 0) is 0 Å². The predicted molar refractivity (Wildman–Crippen MR) is 36.0 cm³/mol. The van der Waals surface area contributed by atoms with Crippen LogP contribution in [0.4, 0.5) is 13.2 Å². The van der Waals surface area contributed by atoms with Crippen LogP contribution in [0.15, 0.2) is 11.6 Å². The van der Waals surface area contributed by atoms with Crippen molar-refractivity contribution >= 4 is 28.6 Å². The van der Waals surface area contributed by atoms with E-state index < -0.39 is 12.6 Å². The van der Waals surface area contributed by atoms with Crippen molar-refractivity contribution in [3.8, 4) is 0 Å². The fourth-order valence-corrected chi connectivity index (χ4v) is 0.267. The lowest BCUT2D eigenvalue weighted by atomic mass is 10.4. The highest BCUT2D eigenvalue weighted by atomic mass is 79.9. The second-order valence-electron chi connectivity index (χ2n) is 1.18. The zero-order valence-corrected chi connectivity index (χ0v) is 6.75. The van der Waals surface area contributed by atoms with Gasteiger partial charge in [-0.25, -0.2) is 0 Å². The van der Waals surface area contributed by atoms with E-state index in [1.807, 2.05) is 0 Å². The predicted octanol–water partition coefficient (Wildman–Crippen LogP) is 3.27. The van der Waals surface area contributed by atoms with Crippen molar-refractivity contribution in [2.45, 2.75) is 12.6 Å². The summed E-state index contributed by atoms with van der Waals surface area (Å²) in [7, 11) is 0. The van der Waals surface area contributed by atoms with Crippen LogP contribution in [-0.4, -0.2) is 6.18 Å². The standard InChI is InChI=1S/C4H4ClF3.BrH/c5-3-1-2-4(6,7)8;/h1,3H,2H2;1H. The van der Waals surface area contributed by atoms with E-state index in [1.165, 1.54) is 0 Å². The van der Waals surface area contributed by atoms with Crippen LogP contribution in [0, 0.1) is 0 Å². The average molecular weight is 225 g/mol. The van der Waals surface area contributed by atoms with E-state index >= 15 is 0 Å². The Labute approximate surface area is 66.5 Å². The molecule has 0 aromatic rings. The maximum absolute atomic E-state index is 11.1. The van der Waals surface area contributed by atoms with Crippen LogP contribution in [0.25, 0.3) is 0 Å². The first-order valence-corrected chi connectivity index (χ1v) is 2.32. The highest BCUT2D eigenvalue weighted by molar-refractivity contribution is 8.93. The third kappa shape index (κ3) is 11.7. The van der Waals surface area contributed by atoms with Crippen LogP contribution in [0.2, 0.25) is 0 Å². The molecule has 0 spiro atoms. The third-order valence-corrected chi connectivity index (χ3v) is 0.617. The van der Waals surface area contributed by atoms with Gasteiger partial charge in [-0.3, -0.25) is 0 Å². The molecule has 56 valence electrons. The molecular formula is C4H5BrClF3. The van der Waals surface area contributed by atoms with E-state index in [-0.39, 0.29) is 17.0 Å². The van der Waals surface area contributed by atoms with E-state index in [1.54, 1.807) is 0 Å². The van der Waals surface area contributed by atoms with Crippen LogP contribution >= 0.6 is 28.6 Å². The molecule has 0 saturated carbocycles. The van der Waals surface area contributed by atoms with Gasteiger partial charge < -0.3 is 0 Å². The smallest absolute Gasteiger partial charge is 0.171 e. The Morgan fingerprint density at radius 2 is 1.78 bits per heavy atom. The second kappa shape index (κ2) is 5.11. The molecule has 0 aliphatic rings. The van der Waals surface area contributed by atoms with E-state index in [2.05, 4.69) is 0 Å². The van der Waals surface area contributed by atoms with Crippen molar-refractivity contribution in [2.75, 3.05) is 0 Å².